The highest BCUT2D eigenvalue weighted by atomic mass is 19.3. The Bertz CT molecular complexity index is 524. The van der Waals surface area contributed by atoms with Gasteiger partial charge in [-0.2, -0.15) is 8.78 Å². The lowest BCUT2D eigenvalue weighted by Gasteiger charge is -1.99. The summed E-state index contributed by atoms with van der Waals surface area (Å²) in [6.07, 6.45) is 2.10. The van der Waals surface area contributed by atoms with Crippen molar-refractivity contribution in [3.8, 4) is 0 Å². The van der Waals surface area contributed by atoms with Gasteiger partial charge in [0.25, 0.3) is 5.69 Å². The first-order chi connectivity index (χ1) is 7.11. The molecule has 0 aliphatic heterocycles. The lowest BCUT2D eigenvalue weighted by atomic mass is 10.3. The number of pyridine rings is 1. The van der Waals surface area contributed by atoms with E-state index in [1.54, 1.807) is 0 Å². The maximum atomic E-state index is 12.5. The van der Waals surface area contributed by atoms with Crippen LogP contribution in [0.2, 0.25) is 0 Å². The molecule has 15 heavy (non-hydrogen) atoms. The van der Waals surface area contributed by atoms with Crippen molar-refractivity contribution in [2.45, 2.75) is 6.55 Å². The monoisotopic (exact) mass is 213 g/mol. The normalized spacial score (nSPS) is 11.1. The zero-order chi connectivity index (χ0) is 11.0. The molecule has 2 rings (SSSR count). The van der Waals surface area contributed by atoms with Crippen molar-refractivity contribution in [2.75, 3.05) is 0 Å². The van der Waals surface area contributed by atoms with Crippen LogP contribution in [0.5, 0.6) is 0 Å². The average molecular weight is 213 g/mol. The first-order valence-corrected chi connectivity index (χ1v) is 3.99. The number of halogens is 2. The summed E-state index contributed by atoms with van der Waals surface area (Å²) in [7, 11) is 0. The van der Waals surface area contributed by atoms with Gasteiger partial charge in [-0.1, -0.05) is 0 Å². The zero-order valence-electron chi connectivity index (χ0n) is 7.30. The van der Waals surface area contributed by atoms with E-state index in [1.807, 2.05) is 0 Å². The minimum atomic E-state index is -2.84. The third-order valence-corrected chi connectivity index (χ3v) is 1.98. The fourth-order valence-electron chi connectivity index (χ4n) is 1.36. The molecular weight excluding hydrogens is 208 g/mol. The minimum absolute atomic E-state index is 0.0841. The van der Waals surface area contributed by atoms with Crippen LogP contribution in [0, 0.1) is 10.1 Å². The van der Waals surface area contributed by atoms with E-state index in [4.69, 9.17) is 0 Å². The summed E-state index contributed by atoms with van der Waals surface area (Å²) in [4.78, 5) is 13.5. The molecule has 0 saturated carbocycles. The van der Waals surface area contributed by atoms with Crippen LogP contribution in [0.15, 0.2) is 24.5 Å². The highest BCUT2D eigenvalue weighted by molar-refractivity contribution is 5.86. The van der Waals surface area contributed by atoms with Gasteiger partial charge in [0.15, 0.2) is 5.65 Å². The second kappa shape index (κ2) is 3.26. The standard InChI is InChI=1S/C8H5F2N3O2/c9-8(10)12-4-6(13(14)15)5-2-1-3-11-7(5)12/h1-4,8H. The van der Waals surface area contributed by atoms with E-state index in [0.717, 1.165) is 6.20 Å². The van der Waals surface area contributed by atoms with E-state index in [9.17, 15) is 18.9 Å². The Balaban J connectivity index is 2.79. The van der Waals surface area contributed by atoms with Crippen molar-refractivity contribution in [3.63, 3.8) is 0 Å². The predicted molar refractivity (Wildman–Crippen MR) is 47.6 cm³/mol. The third kappa shape index (κ3) is 1.41. The van der Waals surface area contributed by atoms with Gasteiger partial charge in [0.2, 0.25) is 0 Å². The molecule has 2 aromatic heterocycles. The summed E-state index contributed by atoms with van der Waals surface area (Å²) < 4.78 is 25.4. The molecule has 0 bridgehead atoms. The fraction of sp³-hybridized carbons (Fsp3) is 0.125. The van der Waals surface area contributed by atoms with Crippen LogP contribution in [-0.2, 0) is 0 Å². The van der Waals surface area contributed by atoms with E-state index in [1.165, 1.54) is 18.3 Å². The molecule has 0 atom stereocenters. The molecule has 0 amide bonds. The molecule has 0 unspecified atom stereocenters. The smallest absolute Gasteiger partial charge is 0.268 e. The molecule has 0 radical (unpaired) electrons. The Morgan fingerprint density at radius 3 is 2.87 bits per heavy atom. The lowest BCUT2D eigenvalue weighted by Crippen LogP contribution is -1.96. The number of fused-ring (bicyclic) bond motifs is 1. The van der Waals surface area contributed by atoms with Crippen molar-refractivity contribution in [2.24, 2.45) is 0 Å². The molecule has 0 spiro atoms. The Hall–Kier alpha value is -2.05. The highest BCUT2D eigenvalue weighted by Gasteiger charge is 2.21. The van der Waals surface area contributed by atoms with Gasteiger partial charge in [0, 0.05) is 6.20 Å². The summed E-state index contributed by atoms with van der Waals surface area (Å²) in [6.45, 7) is -2.84. The number of hydrogen-bond acceptors (Lipinski definition) is 3. The fourth-order valence-corrected chi connectivity index (χ4v) is 1.36. The van der Waals surface area contributed by atoms with Gasteiger partial charge in [-0.05, 0) is 12.1 Å². The number of nitrogens with zero attached hydrogens (tertiary/aromatic N) is 3. The van der Waals surface area contributed by atoms with Crippen molar-refractivity contribution in [1.82, 2.24) is 9.55 Å². The Morgan fingerprint density at radius 1 is 1.53 bits per heavy atom. The molecular formula is C8H5F2N3O2. The van der Waals surface area contributed by atoms with Crippen molar-refractivity contribution >= 4 is 16.7 Å². The van der Waals surface area contributed by atoms with Gasteiger partial charge in [0.05, 0.1) is 16.5 Å². The molecule has 0 fully saturated rings. The van der Waals surface area contributed by atoms with Gasteiger partial charge in [-0.15, -0.1) is 0 Å². The maximum absolute atomic E-state index is 12.5. The highest BCUT2D eigenvalue weighted by Crippen LogP contribution is 2.29. The molecule has 0 aliphatic rings. The Labute approximate surface area is 82.1 Å². The molecule has 0 saturated heterocycles. The van der Waals surface area contributed by atoms with Crippen molar-refractivity contribution in [3.05, 3.63) is 34.6 Å². The topological polar surface area (TPSA) is 61.0 Å². The van der Waals surface area contributed by atoms with E-state index in [2.05, 4.69) is 4.98 Å². The van der Waals surface area contributed by atoms with Crippen molar-refractivity contribution < 1.29 is 13.7 Å². The zero-order valence-corrected chi connectivity index (χ0v) is 7.30. The summed E-state index contributed by atoms with van der Waals surface area (Å²) in [5.74, 6) is 0. The predicted octanol–water partition coefficient (Wildman–Crippen LogP) is 2.34. The van der Waals surface area contributed by atoms with Crippen LogP contribution in [-0.4, -0.2) is 14.5 Å². The Kier molecular flexibility index (Phi) is 2.07. The van der Waals surface area contributed by atoms with E-state index >= 15 is 0 Å². The van der Waals surface area contributed by atoms with Crippen LogP contribution in [0.3, 0.4) is 0 Å². The molecule has 2 aromatic rings. The van der Waals surface area contributed by atoms with Crippen LogP contribution < -0.4 is 0 Å². The molecule has 0 aliphatic carbocycles. The number of nitro groups is 1. The molecule has 78 valence electrons. The first-order valence-electron chi connectivity index (χ1n) is 3.99. The number of hydrogen-bond donors (Lipinski definition) is 0. The van der Waals surface area contributed by atoms with Gasteiger partial charge in [0.1, 0.15) is 0 Å². The van der Waals surface area contributed by atoms with Crippen LogP contribution in [0.1, 0.15) is 6.55 Å². The van der Waals surface area contributed by atoms with Crippen LogP contribution in [0.4, 0.5) is 14.5 Å². The summed E-state index contributed by atoms with van der Waals surface area (Å²) in [5, 5.41) is 10.7. The summed E-state index contributed by atoms with van der Waals surface area (Å²) >= 11 is 0. The van der Waals surface area contributed by atoms with E-state index < -0.39 is 11.5 Å². The molecule has 5 nitrogen and oxygen atoms in total. The quantitative estimate of drug-likeness (QED) is 0.568. The van der Waals surface area contributed by atoms with Gasteiger partial charge in [-0.25, -0.2) is 4.98 Å². The van der Waals surface area contributed by atoms with Gasteiger partial charge < -0.3 is 0 Å². The molecule has 7 heteroatoms. The van der Waals surface area contributed by atoms with Gasteiger partial charge in [-0.3, -0.25) is 14.7 Å². The third-order valence-electron chi connectivity index (χ3n) is 1.98. The van der Waals surface area contributed by atoms with E-state index in [0.29, 0.717) is 4.57 Å². The molecule has 2 heterocycles. The SMILES string of the molecule is O=[N+]([O-])c1cn(C(F)F)c2ncccc12. The second-order valence-electron chi connectivity index (χ2n) is 2.83. The van der Waals surface area contributed by atoms with Gasteiger partial charge >= 0.3 is 6.55 Å². The maximum Gasteiger partial charge on any atom is 0.320 e. The number of aromatic nitrogens is 2. The average Bonchev–Trinajstić information content (AvgIpc) is 2.56. The molecule has 0 N–H and O–H groups in total. The lowest BCUT2D eigenvalue weighted by molar-refractivity contribution is -0.383. The van der Waals surface area contributed by atoms with Crippen LogP contribution in [0.25, 0.3) is 11.0 Å². The number of alkyl halides is 2. The minimum Gasteiger partial charge on any atom is -0.268 e. The summed E-state index contributed by atoms with van der Waals surface area (Å²) in [6, 6.07) is 2.85. The molecule has 0 aromatic carbocycles. The first kappa shape index (κ1) is 9.50. The number of rotatable bonds is 2. The van der Waals surface area contributed by atoms with Crippen LogP contribution >= 0.6 is 0 Å². The summed E-state index contributed by atoms with van der Waals surface area (Å²) in [5.41, 5.74) is -0.447. The largest absolute Gasteiger partial charge is 0.320 e. The van der Waals surface area contributed by atoms with Crippen molar-refractivity contribution in [1.29, 1.82) is 0 Å². The van der Waals surface area contributed by atoms with E-state index in [-0.39, 0.29) is 16.7 Å². The second-order valence-corrected chi connectivity index (χ2v) is 2.83. The Morgan fingerprint density at radius 2 is 2.27 bits per heavy atom.